The van der Waals surface area contributed by atoms with Crippen LogP contribution < -0.4 is 0 Å². The minimum atomic E-state index is -0.354. The van der Waals surface area contributed by atoms with E-state index < -0.39 is 0 Å². The van der Waals surface area contributed by atoms with Gasteiger partial charge >= 0.3 is 5.97 Å². The van der Waals surface area contributed by atoms with Crippen LogP contribution in [0.1, 0.15) is 13.8 Å². The quantitative estimate of drug-likeness (QED) is 0.400. The Balaban J connectivity index is 4.38. The number of rotatable bonds is 5. The highest BCUT2D eigenvalue weighted by molar-refractivity contribution is 8.02. The normalized spacial score (nSPS) is 11.8. The van der Waals surface area contributed by atoms with Gasteiger partial charge in [0, 0.05) is 6.21 Å². The molecule has 0 amide bonds. The third-order valence-electron chi connectivity index (χ3n) is 1.41. The molecule has 0 N–H and O–H groups in total. The molecule has 0 spiro atoms. The van der Waals surface area contributed by atoms with E-state index in [1.54, 1.807) is 19.9 Å². The van der Waals surface area contributed by atoms with E-state index in [0.717, 1.165) is 0 Å². The fourth-order valence-corrected chi connectivity index (χ4v) is 0.812. The minimum Gasteiger partial charge on any atom is -0.462 e. The summed E-state index contributed by atoms with van der Waals surface area (Å²) in [6, 6.07) is 0. The van der Waals surface area contributed by atoms with E-state index in [9.17, 15) is 4.79 Å². The van der Waals surface area contributed by atoms with Gasteiger partial charge in [0.15, 0.2) is 0 Å². The first kappa shape index (κ1) is 13.0. The number of hydrogen-bond acceptors (Lipinski definition) is 4. The van der Waals surface area contributed by atoms with Crippen molar-refractivity contribution in [3.8, 4) is 0 Å². The van der Waals surface area contributed by atoms with Gasteiger partial charge in [0.2, 0.25) is 0 Å². The Labute approximate surface area is 88.9 Å². The van der Waals surface area contributed by atoms with Crippen molar-refractivity contribution in [1.82, 2.24) is 0 Å². The molecule has 0 aliphatic carbocycles. The van der Waals surface area contributed by atoms with Crippen LogP contribution in [0.15, 0.2) is 28.2 Å². The lowest BCUT2D eigenvalue weighted by Crippen LogP contribution is -2.08. The molecule has 0 atom stereocenters. The number of ether oxygens (including phenoxy) is 1. The lowest BCUT2D eigenvalue weighted by molar-refractivity contribution is -0.137. The van der Waals surface area contributed by atoms with Crippen LogP contribution in [0.3, 0.4) is 0 Å². The fourth-order valence-electron chi connectivity index (χ4n) is 0.654. The summed E-state index contributed by atoms with van der Waals surface area (Å²) in [6.45, 7) is 7.57. The zero-order valence-electron chi connectivity index (χ0n) is 8.74. The van der Waals surface area contributed by atoms with E-state index in [1.807, 2.05) is 6.26 Å². The molecule has 0 aromatic heterocycles. The standard InChI is InChI=1S/C10H15NO2S/c1-5-9(10(12)13-6-2)7-11-8(3)14-4/h5,7H,3,6H2,1-2,4H3/b9-5+,11-7?. The van der Waals surface area contributed by atoms with Crippen molar-refractivity contribution in [3.05, 3.63) is 23.3 Å². The fraction of sp³-hybridized carbons (Fsp3) is 0.400. The van der Waals surface area contributed by atoms with Crippen molar-refractivity contribution < 1.29 is 9.53 Å². The number of aliphatic imine (C=N–C) groups is 1. The number of nitrogens with zero attached hydrogens (tertiary/aromatic N) is 1. The monoisotopic (exact) mass is 213 g/mol. The van der Waals surface area contributed by atoms with E-state index in [0.29, 0.717) is 17.2 Å². The summed E-state index contributed by atoms with van der Waals surface area (Å²) in [5.74, 6) is -0.354. The summed E-state index contributed by atoms with van der Waals surface area (Å²) in [5, 5.41) is 0.661. The average molecular weight is 213 g/mol. The Morgan fingerprint density at radius 1 is 1.64 bits per heavy atom. The maximum absolute atomic E-state index is 11.3. The van der Waals surface area contributed by atoms with Crippen LogP contribution in [0.4, 0.5) is 0 Å². The van der Waals surface area contributed by atoms with E-state index >= 15 is 0 Å². The smallest absolute Gasteiger partial charge is 0.339 e. The van der Waals surface area contributed by atoms with Gasteiger partial charge in [0.05, 0.1) is 17.2 Å². The molecule has 0 unspecified atom stereocenters. The molecule has 0 saturated carbocycles. The molecule has 0 aromatic carbocycles. The van der Waals surface area contributed by atoms with E-state index in [2.05, 4.69) is 11.6 Å². The summed E-state index contributed by atoms with van der Waals surface area (Å²) in [7, 11) is 0. The number of allylic oxidation sites excluding steroid dienone is 1. The van der Waals surface area contributed by atoms with E-state index in [-0.39, 0.29) is 5.97 Å². The summed E-state index contributed by atoms with van der Waals surface area (Å²) in [5.41, 5.74) is 0.446. The predicted octanol–water partition coefficient (Wildman–Crippen LogP) is 2.40. The first-order valence-corrected chi connectivity index (χ1v) is 5.48. The molecule has 14 heavy (non-hydrogen) atoms. The molecule has 0 aliphatic heterocycles. The Morgan fingerprint density at radius 3 is 2.71 bits per heavy atom. The number of carbonyl (C=O) groups excluding carboxylic acids is 1. The largest absolute Gasteiger partial charge is 0.462 e. The highest BCUT2D eigenvalue weighted by Gasteiger charge is 2.05. The Hall–Kier alpha value is -1.03. The van der Waals surface area contributed by atoms with Crippen LogP contribution in [0.2, 0.25) is 0 Å². The lowest BCUT2D eigenvalue weighted by Gasteiger charge is -2.00. The van der Waals surface area contributed by atoms with Crippen LogP contribution in [0.25, 0.3) is 0 Å². The van der Waals surface area contributed by atoms with Crippen molar-refractivity contribution in [2.24, 2.45) is 4.99 Å². The first-order chi connectivity index (χ1) is 6.65. The number of thioether (sulfide) groups is 1. The third-order valence-corrected chi connectivity index (χ3v) is 1.98. The van der Waals surface area contributed by atoms with Crippen LogP contribution in [-0.2, 0) is 9.53 Å². The van der Waals surface area contributed by atoms with Crippen LogP contribution in [-0.4, -0.2) is 25.0 Å². The van der Waals surface area contributed by atoms with E-state index in [4.69, 9.17) is 4.74 Å². The highest BCUT2D eigenvalue weighted by atomic mass is 32.2. The van der Waals surface area contributed by atoms with Crippen molar-refractivity contribution in [1.29, 1.82) is 0 Å². The van der Waals surface area contributed by atoms with Gasteiger partial charge in [0.25, 0.3) is 0 Å². The van der Waals surface area contributed by atoms with Gasteiger partial charge in [-0.2, -0.15) is 0 Å². The average Bonchev–Trinajstić information content (AvgIpc) is 2.18. The van der Waals surface area contributed by atoms with Gasteiger partial charge in [-0.1, -0.05) is 12.7 Å². The van der Waals surface area contributed by atoms with Crippen LogP contribution >= 0.6 is 11.8 Å². The topological polar surface area (TPSA) is 38.7 Å². The van der Waals surface area contributed by atoms with Gasteiger partial charge in [-0.3, -0.25) is 0 Å². The molecule has 0 heterocycles. The molecule has 0 radical (unpaired) electrons. The number of esters is 1. The summed E-state index contributed by atoms with van der Waals surface area (Å²) >= 11 is 1.43. The molecule has 0 rings (SSSR count). The molecule has 4 heteroatoms. The molecule has 0 aromatic rings. The van der Waals surface area contributed by atoms with Crippen LogP contribution in [0.5, 0.6) is 0 Å². The molecular weight excluding hydrogens is 198 g/mol. The van der Waals surface area contributed by atoms with Crippen molar-refractivity contribution in [3.63, 3.8) is 0 Å². The summed E-state index contributed by atoms with van der Waals surface area (Å²) < 4.78 is 4.83. The van der Waals surface area contributed by atoms with Gasteiger partial charge in [-0.05, 0) is 20.1 Å². The molecule has 0 bridgehead atoms. The third kappa shape index (κ3) is 4.87. The van der Waals surface area contributed by atoms with Crippen LogP contribution in [0, 0.1) is 0 Å². The van der Waals surface area contributed by atoms with Gasteiger partial charge in [-0.15, -0.1) is 11.8 Å². The van der Waals surface area contributed by atoms with E-state index in [1.165, 1.54) is 18.0 Å². The summed E-state index contributed by atoms with van der Waals surface area (Å²) in [4.78, 5) is 15.2. The van der Waals surface area contributed by atoms with Crippen molar-refractivity contribution in [2.75, 3.05) is 12.9 Å². The summed E-state index contributed by atoms with van der Waals surface area (Å²) in [6.07, 6.45) is 5.01. The Morgan fingerprint density at radius 2 is 2.29 bits per heavy atom. The Kier molecular flexibility index (Phi) is 6.84. The predicted molar refractivity (Wildman–Crippen MR) is 61.5 cm³/mol. The zero-order valence-corrected chi connectivity index (χ0v) is 9.56. The highest BCUT2D eigenvalue weighted by Crippen LogP contribution is 2.09. The van der Waals surface area contributed by atoms with Gasteiger partial charge < -0.3 is 4.74 Å². The lowest BCUT2D eigenvalue weighted by atomic mass is 10.3. The maximum Gasteiger partial charge on any atom is 0.339 e. The maximum atomic E-state index is 11.3. The Bertz CT molecular complexity index is 269. The zero-order chi connectivity index (χ0) is 11.0. The van der Waals surface area contributed by atoms with Crippen molar-refractivity contribution in [2.45, 2.75) is 13.8 Å². The molecule has 3 nitrogen and oxygen atoms in total. The minimum absolute atomic E-state index is 0.354. The second-order valence-electron chi connectivity index (χ2n) is 2.32. The molecular formula is C10H15NO2S. The SMILES string of the molecule is C=C(N=C/C(=C\C)C(=O)OCC)SC. The second kappa shape index (κ2) is 7.38. The second-order valence-corrected chi connectivity index (χ2v) is 3.20. The molecule has 0 saturated heterocycles. The number of carbonyl (C=O) groups is 1. The molecule has 0 aliphatic rings. The van der Waals surface area contributed by atoms with Gasteiger partial charge in [-0.25, -0.2) is 9.79 Å². The number of hydrogen-bond donors (Lipinski definition) is 0. The first-order valence-electron chi connectivity index (χ1n) is 4.26. The molecule has 78 valence electrons. The van der Waals surface area contributed by atoms with Crippen molar-refractivity contribution >= 4 is 23.9 Å². The van der Waals surface area contributed by atoms with Gasteiger partial charge in [0.1, 0.15) is 0 Å². The molecule has 0 fully saturated rings.